The molecule has 1 aliphatic heterocycles. The van der Waals surface area contributed by atoms with E-state index in [1.165, 1.54) is 0 Å². The normalized spacial score (nSPS) is 19.5. The average Bonchev–Trinajstić information content (AvgIpc) is 2.19. The van der Waals surface area contributed by atoms with E-state index in [1.807, 2.05) is 31.2 Å². The number of para-hydroxylation sites is 2. The largest absolute Gasteiger partial charge is 0.478 e. The van der Waals surface area contributed by atoms with Crippen LogP contribution in [-0.2, 0) is 4.79 Å². The maximum atomic E-state index is 11.5. The third-order valence-corrected chi connectivity index (χ3v) is 2.26. The smallest absolute Gasteiger partial charge is 0.265 e. The Bertz CT molecular complexity index is 354. The summed E-state index contributed by atoms with van der Waals surface area (Å²) >= 11 is 0. The van der Waals surface area contributed by atoms with E-state index >= 15 is 0 Å². The summed E-state index contributed by atoms with van der Waals surface area (Å²) in [5, 5.41) is 2.83. The first-order valence-electron chi connectivity index (χ1n) is 4.88. The molecule has 1 aromatic carbocycles. The van der Waals surface area contributed by atoms with Gasteiger partial charge in [-0.15, -0.1) is 0 Å². The van der Waals surface area contributed by atoms with E-state index < -0.39 is 0 Å². The van der Waals surface area contributed by atoms with Crippen molar-refractivity contribution in [3.63, 3.8) is 0 Å². The lowest BCUT2D eigenvalue weighted by Gasteiger charge is -2.25. The molecule has 3 heteroatoms. The van der Waals surface area contributed by atoms with Gasteiger partial charge in [0, 0.05) is 1.43 Å². The van der Waals surface area contributed by atoms with Crippen LogP contribution in [0.4, 0.5) is 5.69 Å². The number of benzene rings is 1. The molecule has 0 saturated carbocycles. The van der Waals surface area contributed by atoms with Crippen LogP contribution in [0, 0.1) is 0 Å². The van der Waals surface area contributed by atoms with Crippen molar-refractivity contribution < 1.29 is 11.0 Å². The lowest BCUT2D eigenvalue weighted by Crippen LogP contribution is -2.36. The third-order valence-electron chi connectivity index (χ3n) is 2.26. The zero-order valence-electron chi connectivity index (χ0n) is 8.12. The Morgan fingerprint density at radius 1 is 1.50 bits per heavy atom. The van der Waals surface area contributed by atoms with E-state index in [-0.39, 0.29) is 13.4 Å². The molecule has 3 nitrogen and oxygen atoms in total. The summed E-state index contributed by atoms with van der Waals surface area (Å²) < 4.78 is 5.57. The van der Waals surface area contributed by atoms with Crippen LogP contribution in [0.2, 0.25) is 0 Å². The fourth-order valence-corrected chi connectivity index (χ4v) is 1.54. The summed E-state index contributed by atoms with van der Waals surface area (Å²) in [6.45, 7) is 2.04. The summed E-state index contributed by atoms with van der Waals surface area (Å²) in [7, 11) is 0. The number of anilines is 1. The molecule has 1 amide bonds. The lowest BCUT2D eigenvalue weighted by molar-refractivity contribution is -0.123. The molecular formula is C11H15NO2. The summed E-state index contributed by atoms with van der Waals surface area (Å²) in [6.07, 6.45) is 1.38. The molecule has 1 atom stereocenters. The van der Waals surface area contributed by atoms with Crippen LogP contribution in [0.5, 0.6) is 5.75 Å². The molecule has 0 saturated heterocycles. The van der Waals surface area contributed by atoms with Crippen LogP contribution in [0.1, 0.15) is 21.2 Å². The molecule has 2 rings (SSSR count). The van der Waals surface area contributed by atoms with Gasteiger partial charge in [-0.2, -0.15) is 0 Å². The Labute approximate surface area is 84.6 Å². The minimum atomic E-state index is -0.324. The van der Waals surface area contributed by atoms with Crippen LogP contribution in [-0.4, -0.2) is 12.0 Å². The summed E-state index contributed by atoms with van der Waals surface area (Å²) in [5.41, 5.74) is 0.768. The fraction of sp³-hybridized carbons (Fsp3) is 0.364. The second-order valence-electron chi connectivity index (χ2n) is 3.38. The summed E-state index contributed by atoms with van der Waals surface area (Å²) in [6, 6.07) is 7.49. The SMILES string of the molecule is CCCC1Oc2ccccc2NC1=O.[HH]. The van der Waals surface area contributed by atoms with Crippen molar-refractivity contribution in [2.45, 2.75) is 25.9 Å². The first-order valence-corrected chi connectivity index (χ1v) is 4.88. The number of carbonyl (C=O) groups is 1. The van der Waals surface area contributed by atoms with Crippen molar-refractivity contribution in [1.29, 1.82) is 0 Å². The molecule has 1 unspecified atom stereocenters. The zero-order chi connectivity index (χ0) is 9.97. The highest BCUT2D eigenvalue weighted by molar-refractivity contribution is 5.97. The van der Waals surface area contributed by atoms with E-state index in [0.717, 1.165) is 24.3 Å². The van der Waals surface area contributed by atoms with Crippen molar-refractivity contribution in [3.05, 3.63) is 24.3 Å². The van der Waals surface area contributed by atoms with Gasteiger partial charge >= 0.3 is 0 Å². The van der Waals surface area contributed by atoms with Crippen LogP contribution in [0.3, 0.4) is 0 Å². The molecule has 1 N–H and O–H groups in total. The van der Waals surface area contributed by atoms with Crippen LogP contribution >= 0.6 is 0 Å². The first kappa shape index (κ1) is 9.06. The zero-order valence-corrected chi connectivity index (χ0v) is 8.12. The van der Waals surface area contributed by atoms with Crippen LogP contribution in [0.25, 0.3) is 0 Å². The predicted octanol–water partition coefficient (Wildman–Crippen LogP) is 2.43. The molecule has 1 aromatic rings. The van der Waals surface area contributed by atoms with E-state index in [4.69, 9.17) is 4.74 Å². The predicted molar refractivity (Wildman–Crippen MR) is 56.5 cm³/mol. The van der Waals surface area contributed by atoms with Crippen molar-refractivity contribution in [1.82, 2.24) is 0 Å². The monoisotopic (exact) mass is 193 g/mol. The quantitative estimate of drug-likeness (QED) is 0.783. The standard InChI is InChI=1S/C11H13NO2.H2/c1-2-5-10-11(13)12-8-6-3-4-7-9(8)14-10;/h3-4,6-7,10H,2,5H2,1H3,(H,12,13);1H. The summed E-state index contributed by atoms with van der Waals surface area (Å²) in [5.74, 6) is 0.733. The average molecular weight is 193 g/mol. The molecule has 1 heterocycles. The molecule has 0 spiro atoms. The Hall–Kier alpha value is -1.51. The molecule has 0 bridgehead atoms. The Balaban J connectivity index is 0.00000112. The number of nitrogens with one attached hydrogen (secondary N) is 1. The van der Waals surface area contributed by atoms with Gasteiger partial charge in [-0.3, -0.25) is 4.79 Å². The topological polar surface area (TPSA) is 38.3 Å². The van der Waals surface area contributed by atoms with E-state index in [0.29, 0.717) is 0 Å². The van der Waals surface area contributed by atoms with Crippen molar-refractivity contribution in [2.75, 3.05) is 5.32 Å². The molecule has 0 aliphatic carbocycles. The maximum Gasteiger partial charge on any atom is 0.265 e. The number of amides is 1. The molecule has 14 heavy (non-hydrogen) atoms. The molecule has 76 valence electrons. The van der Waals surface area contributed by atoms with Gasteiger partial charge in [0.1, 0.15) is 5.75 Å². The van der Waals surface area contributed by atoms with Crippen molar-refractivity contribution >= 4 is 11.6 Å². The number of carbonyl (C=O) groups excluding carboxylic acids is 1. The van der Waals surface area contributed by atoms with Gasteiger partial charge in [0.2, 0.25) is 0 Å². The van der Waals surface area contributed by atoms with Gasteiger partial charge in [-0.05, 0) is 18.6 Å². The minimum Gasteiger partial charge on any atom is -0.478 e. The first-order chi connectivity index (χ1) is 6.81. The van der Waals surface area contributed by atoms with E-state index in [2.05, 4.69) is 5.32 Å². The lowest BCUT2D eigenvalue weighted by atomic mass is 10.1. The molecule has 1 aliphatic rings. The Morgan fingerprint density at radius 3 is 3.07 bits per heavy atom. The molecular weight excluding hydrogens is 178 g/mol. The van der Waals surface area contributed by atoms with Gasteiger partial charge < -0.3 is 10.1 Å². The second-order valence-corrected chi connectivity index (χ2v) is 3.38. The Morgan fingerprint density at radius 2 is 2.29 bits per heavy atom. The number of rotatable bonds is 2. The van der Waals surface area contributed by atoms with Gasteiger partial charge in [-0.25, -0.2) is 0 Å². The Kier molecular flexibility index (Phi) is 2.39. The second kappa shape index (κ2) is 3.70. The third kappa shape index (κ3) is 1.58. The maximum absolute atomic E-state index is 11.5. The molecule has 0 fully saturated rings. The van der Waals surface area contributed by atoms with Gasteiger partial charge in [0.15, 0.2) is 6.10 Å². The van der Waals surface area contributed by atoms with E-state index in [9.17, 15) is 4.79 Å². The van der Waals surface area contributed by atoms with Crippen LogP contribution < -0.4 is 10.1 Å². The fourth-order valence-electron chi connectivity index (χ4n) is 1.54. The van der Waals surface area contributed by atoms with E-state index in [1.54, 1.807) is 0 Å². The summed E-state index contributed by atoms with van der Waals surface area (Å²) in [4.78, 5) is 11.5. The highest BCUT2D eigenvalue weighted by Gasteiger charge is 2.25. The number of hydrogen-bond donors (Lipinski definition) is 1. The van der Waals surface area contributed by atoms with Gasteiger partial charge in [-0.1, -0.05) is 25.5 Å². The number of fused-ring (bicyclic) bond motifs is 1. The number of hydrogen-bond acceptors (Lipinski definition) is 2. The van der Waals surface area contributed by atoms with Gasteiger partial charge in [0.05, 0.1) is 5.69 Å². The van der Waals surface area contributed by atoms with Crippen molar-refractivity contribution in [3.8, 4) is 5.75 Å². The van der Waals surface area contributed by atoms with Crippen LogP contribution in [0.15, 0.2) is 24.3 Å². The highest BCUT2D eigenvalue weighted by atomic mass is 16.5. The highest BCUT2D eigenvalue weighted by Crippen LogP contribution is 2.29. The molecule has 0 radical (unpaired) electrons. The van der Waals surface area contributed by atoms with Crippen molar-refractivity contribution in [2.24, 2.45) is 0 Å². The van der Waals surface area contributed by atoms with Gasteiger partial charge in [0.25, 0.3) is 5.91 Å². The number of ether oxygens (including phenoxy) is 1. The minimum absolute atomic E-state index is 0. The molecule has 0 aromatic heterocycles.